The summed E-state index contributed by atoms with van der Waals surface area (Å²) in [6.07, 6.45) is 1.24. The number of amides is 1. The van der Waals surface area contributed by atoms with Gasteiger partial charge in [0, 0.05) is 21.0 Å². The van der Waals surface area contributed by atoms with Gasteiger partial charge in [-0.3, -0.25) is 14.9 Å². The number of fused-ring (bicyclic) bond motifs is 2. The fourth-order valence-corrected chi connectivity index (χ4v) is 5.99. The van der Waals surface area contributed by atoms with Crippen LogP contribution in [0.4, 0.5) is 5.13 Å². The minimum Gasteiger partial charge on any atom is -0.297 e. The second-order valence-corrected chi connectivity index (χ2v) is 10.4. The molecule has 134 valence electrons. The predicted octanol–water partition coefficient (Wildman–Crippen LogP) is 6.18. The van der Waals surface area contributed by atoms with E-state index in [1.807, 2.05) is 18.2 Å². The lowest BCUT2D eigenvalue weighted by Gasteiger charge is -2.26. The van der Waals surface area contributed by atoms with Crippen LogP contribution in [0.1, 0.15) is 45.3 Å². The van der Waals surface area contributed by atoms with Crippen molar-refractivity contribution < 1.29 is 9.59 Å². The molecule has 0 atom stereocenters. The van der Waals surface area contributed by atoms with Crippen molar-refractivity contribution in [1.29, 1.82) is 0 Å². The lowest BCUT2D eigenvalue weighted by atomic mass is 9.78. The number of carbonyl (C=O) groups is 2. The van der Waals surface area contributed by atoms with Crippen molar-refractivity contribution in [1.82, 2.24) is 4.98 Å². The smallest absolute Gasteiger partial charge is 0.269 e. The fourth-order valence-electron chi connectivity index (χ4n) is 3.11. The lowest BCUT2D eigenvalue weighted by Crippen LogP contribution is -2.26. The van der Waals surface area contributed by atoms with Crippen LogP contribution in [0.2, 0.25) is 5.02 Å². The van der Waals surface area contributed by atoms with E-state index in [4.69, 9.17) is 11.6 Å². The van der Waals surface area contributed by atoms with Crippen molar-refractivity contribution in [2.24, 2.45) is 5.41 Å². The highest BCUT2D eigenvalue weighted by Gasteiger charge is 2.34. The largest absolute Gasteiger partial charge is 0.297 e. The van der Waals surface area contributed by atoms with Gasteiger partial charge in [-0.1, -0.05) is 58.8 Å². The molecular formula is C18H14BrClN2O2S2. The van der Waals surface area contributed by atoms with Gasteiger partial charge in [-0.05, 0) is 24.0 Å². The van der Waals surface area contributed by atoms with E-state index >= 15 is 0 Å². The van der Waals surface area contributed by atoms with E-state index in [0.717, 1.165) is 26.7 Å². The zero-order valence-corrected chi connectivity index (χ0v) is 18.0. The van der Waals surface area contributed by atoms with Gasteiger partial charge in [-0.2, -0.15) is 0 Å². The van der Waals surface area contributed by atoms with Crippen molar-refractivity contribution >= 4 is 77.1 Å². The van der Waals surface area contributed by atoms with Crippen LogP contribution in [0.3, 0.4) is 0 Å². The van der Waals surface area contributed by atoms with Crippen LogP contribution in [0, 0.1) is 5.41 Å². The van der Waals surface area contributed by atoms with E-state index in [0.29, 0.717) is 26.3 Å². The van der Waals surface area contributed by atoms with Crippen LogP contribution in [-0.4, -0.2) is 16.7 Å². The number of Topliss-reactive ketones (excluding diaryl/α,β-unsaturated/α-hetero) is 1. The van der Waals surface area contributed by atoms with Gasteiger partial charge >= 0.3 is 0 Å². The molecule has 8 heteroatoms. The molecule has 1 amide bonds. The van der Waals surface area contributed by atoms with Crippen LogP contribution < -0.4 is 5.32 Å². The number of ketones is 1. The Morgan fingerprint density at radius 2 is 2.08 bits per heavy atom. The number of anilines is 1. The topological polar surface area (TPSA) is 59.1 Å². The Morgan fingerprint density at radius 1 is 1.31 bits per heavy atom. The first-order chi connectivity index (χ1) is 12.2. The number of nitrogens with one attached hydrogen (secondary N) is 1. The summed E-state index contributed by atoms with van der Waals surface area (Å²) in [6.45, 7) is 4.11. The van der Waals surface area contributed by atoms with E-state index in [1.165, 1.54) is 22.7 Å². The molecule has 0 saturated carbocycles. The molecular weight excluding hydrogens is 456 g/mol. The second-order valence-electron chi connectivity index (χ2n) is 7.08. The number of thiazole rings is 1. The number of halogens is 2. The molecule has 2 heterocycles. The van der Waals surface area contributed by atoms with Crippen molar-refractivity contribution in [3.8, 4) is 0 Å². The third-order valence-electron chi connectivity index (χ3n) is 4.25. The van der Waals surface area contributed by atoms with Crippen molar-refractivity contribution in [3.63, 3.8) is 0 Å². The van der Waals surface area contributed by atoms with E-state index in [2.05, 4.69) is 40.1 Å². The molecule has 0 unspecified atom stereocenters. The van der Waals surface area contributed by atoms with E-state index in [-0.39, 0.29) is 17.1 Å². The zero-order valence-electron chi connectivity index (χ0n) is 14.0. The number of hydrogen-bond donors (Lipinski definition) is 1. The molecule has 26 heavy (non-hydrogen) atoms. The lowest BCUT2D eigenvalue weighted by molar-refractivity contribution is 0.0915. The van der Waals surface area contributed by atoms with Crippen molar-refractivity contribution in [2.45, 2.75) is 26.7 Å². The number of rotatable bonds is 2. The van der Waals surface area contributed by atoms with Gasteiger partial charge in [-0.15, -0.1) is 11.3 Å². The summed E-state index contributed by atoms with van der Waals surface area (Å²) in [5.74, 6) is -0.205. The second kappa shape index (κ2) is 6.41. The van der Waals surface area contributed by atoms with Crippen molar-refractivity contribution in [3.05, 3.63) is 43.1 Å². The Labute approximate surface area is 171 Å². The third kappa shape index (κ3) is 3.22. The fraction of sp³-hybridized carbons (Fsp3) is 0.278. The maximum Gasteiger partial charge on any atom is 0.269 e. The molecule has 2 aromatic heterocycles. The highest BCUT2D eigenvalue weighted by Crippen LogP contribution is 2.40. The average Bonchev–Trinajstić information content (AvgIpc) is 3.07. The van der Waals surface area contributed by atoms with Crippen LogP contribution in [0.5, 0.6) is 0 Å². The maximum absolute atomic E-state index is 12.7. The summed E-state index contributed by atoms with van der Waals surface area (Å²) in [7, 11) is 0. The molecule has 4 nitrogen and oxygen atoms in total. The Bertz CT molecular complexity index is 1070. The molecule has 0 spiro atoms. The summed E-state index contributed by atoms with van der Waals surface area (Å²) in [5, 5.41) is 4.54. The summed E-state index contributed by atoms with van der Waals surface area (Å²) < 4.78 is 1.87. The molecule has 0 bridgehead atoms. The van der Waals surface area contributed by atoms with Gasteiger partial charge in [0.15, 0.2) is 10.9 Å². The van der Waals surface area contributed by atoms with Crippen LogP contribution >= 0.6 is 50.2 Å². The molecule has 0 fully saturated rings. The highest BCUT2D eigenvalue weighted by atomic mass is 79.9. The first kappa shape index (κ1) is 18.1. The number of aromatic nitrogens is 1. The SMILES string of the molecule is CC1(C)CC(=O)c2sc(NC(=O)c3sc4cc(Br)ccc4c3Cl)nc2C1. The monoisotopic (exact) mass is 468 g/mol. The van der Waals surface area contributed by atoms with E-state index in [1.54, 1.807) is 0 Å². The summed E-state index contributed by atoms with van der Waals surface area (Å²) in [4.78, 5) is 30.6. The Kier molecular flexibility index (Phi) is 4.46. The van der Waals surface area contributed by atoms with Gasteiger partial charge in [-0.25, -0.2) is 4.98 Å². The molecule has 0 aliphatic heterocycles. The Balaban J connectivity index is 1.64. The molecule has 1 aliphatic rings. The van der Waals surface area contributed by atoms with E-state index in [9.17, 15) is 9.59 Å². The minimum atomic E-state index is -0.301. The van der Waals surface area contributed by atoms with Crippen LogP contribution in [0.15, 0.2) is 22.7 Å². The van der Waals surface area contributed by atoms with Gasteiger partial charge in [0.1, 0.15) is 4.88 Å². The maximum atomic E-state index is 12.7. The van der Waals surface area contributed by atoms with Gasteiger partial charge < -0.3 is 0 Å². The van der Waals surface area contributed by atoms with Gasteiger partial charge in [0.2, 0.25) is 0 Å². The molecule has 0 saturated heterocycles. The summed E-state index contributed by atoms with van der Waals surface area (Å²) >= 11 is 12.4. The normalized spacial score (nSPS) is 15.9. The molecule has 0 radical (unpaired) electrons. The molecule has 1 aromatic carbocycles. The van der Waals surface area contributed by atoms with E-state index < -0.39 is 0 Å². The first-order valence-electron chi connectivity index (χ1n) is 7.95. The zero-order chi connectivity index (χ0) is 18.6. The predicted molar refractivity (Wildman–Crippen MR) is 111 cm³/mol. The van der Waals surface area contributed by atoms with Gasteiger partial charge in [0.25, 0.3) is 5.91 Å². The van der Waals surface area contributed by atoms with Crippen LogP contribution in [-0.2, 0) is 6.42 Å². The molecule has 1 N–H and O–H groups in total. The Hall–Kier alpha value is -1.28. The summed E-state index contributed by atoms with van der Waals surface area (Å²) in [5.41, 5.74) is 0.680. The highest BCUT2D eigenvalue weighted by molar-refractivity contribution is 9.10. The summed E-state index contributed by atoms with van der Waals surface area (Å²) in [6, 6.07) is 5.72. The minimum absolute atomic E-state index is 0.0956. The van der Waals surface area contributed by atoms with Gasteiger partial charge in [0.05, 0.1) is 15.6 Å². The number of thiophene rings is 1. The number of hydrogen-bond acceptors (Lipinski definition) is 5. The first-order valence-corrected chi connectivity index (χ1v) is 10.8. The Morgan fingerprint density at radius 3 is 2.85 bits per heavy atom. The van der Waals surface area contributed by atoms with Crippen molar-refractivity contribution in [2.75, 3.05) is 5.32 Å². The quantitative estimate of drug-likeness (QED) is 0.487. The number of carbonyl (C=O) groups excluding carboxylic acids is 2. The van der Waals surface area contributed by atoms with Crippen LogP contribution in [0.25, 0.3) is 10.1 Å². The standard InChI is InChI=1S/C18H14BrClN2O2S2/c1-18(2)6-10-14(11(23)7-18)26-17(21-10)22-16(24)15-13(20)9-4-3-8(19)5-12(9)25-15/h3-5H,6-7H2,1-2H3,(H,21,22,24). The number of benzene rings is 1. The average molecular weight is 470 g/mol. The molecule has 3 aromatic rings. The molecule has 4 rings (SSSR count). The number of nitrogens with zero attached hydrogens (tertiary/aromatic N) is 1. The third-order valence-corrected chi connectivity index (χ3v) is 7.46. The molecule has 1 aliphatic carbocycles.